The standard InChI is InChI=1S/C25H25ClFN5O2/c1-31(25-28-15-20(24(33)30-25)11-18-14-29-32(2)16-18)10-9-17-3-5-21(6-4-17)34-22-7-8-23(26)19(12-22)13-27/h3-8,12,14-16H,9-11,13H2,1-2H3,(H,28,30,33). The fourth-order valence-corrected chi connectivity index (χ4v) is 3.66. The second-order valence-corrected chi connectivity index (χ2v) is 8.47. The van der Waals surface area contributed by atoms with Crippen molar-refractivity contribution in [3.8, 4) is 11.5 Å². The number of rotatable bonds is 9. The van der Waals surface area contributed by atoms with Gasteiger partial charge in [-0.15, -0.1) is 0 Å². The Morgan fingerprint density at radius 2 is 1.85 bits per heavy atom. The Kier molecular flexibility index (Phi) is 7.27. The minimum atomic E-state index is -0.643. The molecule has 0 fully saturated rings. The van der Waals surface area contributed by atoms with Gasteiger partial charge in [0.2, 0.25) is 5.95 Å². The maximum Gasteiger partial charge on any atom is 0.255 e. The molecule has 0 saturated carbocycles. The largest absolute Gasteiger partial charge is 0.457 e. The van der Waals surface area contributed by atoms with Crippen LogP contribution in [0.5, 0.6) is 11.5 Å². The summed E-state index contributed by atoms with van der Waals surface area (Å²) < 4.78 is 20.5. The van der Waals surface area contributed by atoms with Crippen LogP contribution >= 0.6 is 11.6 Å². The fourth-order valence-electron chi connectivity index (χ4n) is 3.49. The molecule has 0 aliphatic carbocycles. The molecule has 0 aliphatic rings. The average molecular weight is 482 g/mol. The number of likely N-dealkylation sites (N-methyl/N-ethyl adjacent to an activating group) is 1. The van der Waals surface area contributed by atoms with Crippen LogP contribution in [-0.2, 0) is 26.6 Å². The zero-order valence-corrected chi connectivity index (χ0v) is 19.7. The van der Waals surface area contributed by atoms with Gasteiger partial charge in [0, 0.05) is 55.6 Å². The molecule has 176 valence electrons. The number of hydrogen-bond donors (Lipinski definition) is 1. The molecule has 0 atom stereocenters. The van der Waals surface area contributed by atoms with Crippen molar-refractivity contribution in [1.82, 2.24) is 19.7 Å². The summed E-state index contributed by atoms with van der Waals surface area (Å²) in [6.07, 6.45) is 6.48. The van der Waals surface area contributed by atoms with Crippen molar-refractivity contribution >= 4 is 17.5 Å². The molecule has 0 aliphatic heterocycles. The number of hydrogen-bond acceptors (Lipinski definition) is 5. The van der Waals surface area contributed by atoms with Gasteiger partial charge in [-0.1, -0.05) is 23.7 Å². The van der Waals surface area contributed by atoms with Crippen LogP contribution in [0.25, 0.3) is 0 Å². The van der Waals surface area contributed by atoms with E-state index in [-0.39, 0.29) is 5.56 Å². The predicted molar refractivity (Wildman–Crippen MR) is 131 cm³/mol. The van der Waals surface area contributed by atoms with E-state index in [1.54, 1.807) is 35.3 Å². The highest BCUT2D eigenvalue weighted by molar-refractivity contribution is 6.31. The average Bonchev–Trinajstić information content (AvgIpc) is 3.25. The van der Waals surface area contributed by atoms with Crippen LogP contribution in [0, 0.1) is 0 Å². The number of anilines is 1. The van der Waals surface area contributed by atoms with Crippen molar-refractivity contribution in [3.63, 3.8) is 0 Å². The molecule has 1 N–H and O–H groups in total. The topological polar surface area (TPSA) is 76.0 Å². The summed E-state index contributed by atoms with van der Waals surface area (Å²) in [5, 5.41) is 4.51. The van der Waals surface area contributed by atoms with Crippen molar-refractivity contribution in [1.29, 1.82) is 0 Å². The lowest BCUT2D eigenvalue weighted by atomic mass is 10.1. The molecule has 0 saturated heterocycles. The Bertz CT molecular complexity index is 1320. The zero-order chi connectivity index (χ0) is 24.1. The number of halogens is 2. The molecular formula is C25H25ClFN5O2. The highest BCUT2D eigenvalue weighted by atomic mass is 35.5. The van der Waals surface area contributed by atoms with E-state index < -0.39 is 6.67 Å². The van der Waals surface area contributed by atoms with Crippen LogP contribution in [0.15, 0.2) is 65.8 Å². The van der Waals surface area contributed by atoms with Gasteiger partial charge in [-0.3, -0.25) is 14.5 Å². The molecule has 2 aromatic carbocycles. The molecule has 7 nitrogen and oxygen atoms in total. The van der Waals surface area contributed by atoms with Crippen molar-refractivity contribution in [2.45, 2.75) is 19.5 Å². The number of ether oxygens (including phenoxy) is 1. The molecule has 0 bridgehead atoms. The normalized spacial score (nSPS) is 10.9. The first kappa shape index (κ1) is 23.5. The molecule has 2 aromatic heterocycles. The van der Waals surface area contributed by atoms with E-state index in [1.165, 1.54) is 0 Å². The van der Waals surface area contributed by atoms with E-state index in [2.05, 4.69) is 15.1 Å². The Morgan fingerprint density at radius 3 is 2.53 bits per heavy atom. The number of nitrogens with zero attached hydrogens (tertiary/aromatic N) is 4. The summed E-state index contributed by atoms with van der Waals surface area (Å²) in [5.74, 6) is 1.71. The summed E-state index contributed by atoms with van der Waals surface area (Å²) in [7, 11) is 3.73. The van der Waals surface area contributed by atoms with E-state index in [9.17, 15) is 9.18 Å². The zero-order valence-electron chi connectivity index (χ0n) is 19.0. The minimum Gasteiger partial charge on any atom is -0.457 e. The predicted octanol–water partition coefficient (Wildman–Crippen LogP) is 4.69. The van der Waals surface area contributed by atoms with Gasteiger partial charge in [0.15, 0.2) is 0 Å². The second-order valence-electron chi connectivity index (χ2n) is 8.06. The van der Waals surface area contributed by atoms with Crippen LogP contribution in [0.3, 0.4) is 0 Å². The monoisotopic (exact) mass is 481 g/mol. The van der Waals surface area contributed by atoms with Crippen molar-refractivity contribution in [2.24, 2.45) is 7.05 Å². The molecule has 0 unspecified atom stereocenters. The lowest BCUT2D eigenvalue weighted by molar-refractivity contribution is 0.468. The smallest absolute Gasteiger partial charge is 0.255 e. The molecule has 0 radical (unpaired) electrons. The first-order valence-corrected chi connectivity index (χ1v) is 11.2. The Labute approximate surface area is 201 Å². The Hall–Kier alpha value is -3.65. The highest BCUT2D eigenvalue weighted by Crippen LogP contribution is 2.27. The Morgan fingerprint density at radius 1 is 1.09 bits per heavy atom. The third-order valence-electron chi connectivity index (χ3n) is 5.43. The number of nitrogens with one attached hydrogen (secondary N) is 1. The first-order chi connectivity index (χ1) is 16.4. The van der Waals surface area contributed by atoms with Crippen LogP contribution in [0.2, 0.25) is 5.02 Å². The highest BCUT2D eigenvalue weighted by Gasteiger charge is 2.09. The number of alkyl halides is 1. The van der Waals surface area contributed by atoms with Gasteiger partial charge in [-0.05, 0) is 47.9 Å². The van der Waals surface area contributed by atoms with Gasteiger partial charge in [0.25, 0.3) is 5.56 Å². The third kappa shape index (κ3) is 5.82. The van der Waals surface area contributed by atoms with Crippen molar-refractivity contribution in [2.75, 3.05) is 18.5 Å². The van der Waals surface area contributed by atoms with Crippen molar-refractivity contribution in [3.05, 3.63) is 98.7 Å². The molecule has 4 rings (SSSR count). The van der Waals surface area contributed by atoms with Gasteiger partial charge in [-0.2, -0.15) is 5.10 Å². The molecule has 2 heterocycles. The number of aromatic nitrogens is 4. The minimum absolute atomic E-state index is 0.152. The molecule has 4 aromatic rings. The second kappa shape index (κ2) is 10.5. The van der Waals surface area contributed by atoms with E-state index in [1.807, 2.05) is 49.5 Å². The third-order valence-corrected chi connectivity index (χ3v) is 5.80. The number of benzene rings is 2. The van der Waals surface area contributed by atoms with E-state index in [0.29, 0.717) is 46.6 Å². The fraction of sp³-hybridized carbons (Fsp3) is 0.240. The molecule has 0 spiro atoms. The number of aryl methyl sites for hydroxylation is 1. The van der Waals surface area contributed by atoms with Gasteiger partial charge < -0.3 is 9.64 Å². The number of aromatic amines is 1. The van der Waals surface area contributed by atoms with E-state index in [0.717, 1.165) is 17.5 Å². The summed E-state index contributed by atoms with van der Waals surface area (Å²) >= 11 is 5.95. The molecule has 9 heteroatoms. The number of H-pyrrole nitrogens is 1. The maximum absolute atomic E-state index is 13.0. The van der Waals surface area contributed by atoms with Crippen molar-refractivity contribution < 1.29 is 9.13 Å². The van der Waals surface area contributed by atoms with E-state index in [4.69, 9.17) is 16.3 Å². The summed E-state index contributed by atoms with van der Waals surface area (Å²) in [5.41, 5.74) is 2.91. The van der Waals surface area contributed by atoms with E-state index >= 15 is 0 Å². The van der Waals surface area contributed by atoms with Gasteiger partial charge in [0.05, 0.1) is 6.20 Å². The van der Waals surface area contributed by atoms with Crippen LogP contribution in [0.4, 0.5) is 10.3 Å². The quantitative estimate of drug-likeness (QED) is 0.375. The molecular weight excluding hydrogens is 457 g/mol. The first-order valence-electron chi connectivity index (χ1n) is 10.8. The maximum atomic E-state index is 13.0. The van der Waals surface area contributed by atoms with Gasteiger partial charge in [-0.25, -0.2) is 9.37 Å². The summed E-state index contributed by atoms with van der Waals surface area (Å²) in [6, 6.07) is 12.6. The lowest BCUT2D eigenvalue weighted by Crippen LogP contribution is -2.26. The van der Waals surface area contributed by atoms with Crippen LogP contribution in [0.1, 0.15) is 22.3 Å². The summed E-state index contributed by atoms with van der Waals surface area (Å²) in [6.45, 7) is 0.0258. The van der Waals surface area contributed by atoms with Gasteiger partial charge in [0.1, 0.15) is 18.2 Å². The van der Waals surface area contributed by atoms with Crippen LogP contribution < -0.4 is 15.2 Å². The lowest BCUT2D eigenvalue weighted by Gasteiger charge is -2.17. The van der Waals surface area contributed by atoms with Gasteiger partial charge >= 0.3 is 0 Å². The van der Waals surface area contributed by atoms with Crippen LogP contribution in [-0.4, -0.2) is 33.3 Å². The molecule has 34 heavy (non-hydrogen) atoms. The summed E-state index contributed by atoms with van der Waals surface area (Å²) in [4.78, 5) is 21.7. The molecule has 0 amide bonds. The SMILES string of the molecule is CN(CCc1ccc(Oc2ccc(Cl)c(CF)c2)cc1)c1ncc(Cc2cnn(C)c2)c(=O)[nH]1. The Balaban J connectivity index is 1.33.